The van der Waals surface area contributed by atoms with E-state index in [0.29, 0.717) is 5.76 Å². The Hall–Kier alpha value is -2.10. The van der Waals surface area contributed by atoms with Gasteiger partial charge in [-0.15, -0.1) is 0 Å². The van der Waals surface area contributed by atoms with E-state index < -0.39 is 24.2 Å². The molecule has 1 aromatic rings. The van der Waals surface area contributed by atoms with Crippen molar-refractivity contribution >= 4 is 11.9 Å². The van der Waals surface area contributed by atoms with Crippen LogP contribution in [0.2, 0.25) is 0 Å². The van der Waals surface area contributed by atoms with E-state index in [0.717, 1.165) is 0 Å². The first kappa shape index (κ1) is 15.9. The second-order valence-electron chi connectivity index (χ2n) is 3.00. The molecule has 1 rings (SSSR count). The van der Waals surface area contributed by atoms with Crippen LogP contribution in [0.25, 0.3) is 0 Å². The van der Waals surface area contributed by atoms with Crippen LogP contribution in [0, 0.1) is 0 Å². The van der Waals surface area contributed by atoms with Crippen molar-refractivity contribution in [3.05, 3.63) is 18.0 Å². The number of aromatic nitrogens is 1. The van der Waals surface area contributed by atoms with Crippen LogP contribution in [0.3, 0.4) is 0 Å². The topological polar surface area (TPSA) is 131 Å². The average Bonchev–Trinajstić information content (AvgIpc) is 2.69. The van der Waals surface area contributed by atoms with Crippen molar-refractivity contribution in [2.45, 2.75) is 18.6 Å². The molecule has 0 aliphatic heterocycles. The smallest absolute Gasteiger partial charge is 0.430 e. The maximum Gasteiger partial charge on any atom is 0.430 e. The van der Waals surface area contributed by atoms with Crippen molar-refractivity contribution in [2.75, 3.05) is 0 Å². The molecule has 10 heteroatoms. The minimum atomic E-state index is -5.19. The number of carbonyl (C=O) groups is 2. The fourth-order valence-corrected chi connectivity index (χ4v) is 0.678. The summed E-state index contributed by atoms with van der Waals surface area (Å²) in [6.07, 6.45) is -3.43. The van der Waals surface area contributed by atoms with E-state index in [9.17, 15) is 18.0 Å². The predicted molar refractivity (Wildman–Crippen MR) is 45.6 cm³/mol. The molecule has 0 spiro atoms. The molecular formula is C8H9F3N2O5. The number of alkyl halides is 3. The first-order valence-electron chi connectivity index (χ1n) is 4.38. The summed E-state index contributed by atoms with van der Waals surface area (Å²) >= 11 is 0. The lowest BCUT2D eigenvalue weighted by Gasteiger charge is -2.03. The molecule has 0 radical (unpaired) electrons. The molecule has 0 saturated heterocycles. The van der Waals surface area contributed by atoms with E-state index >= 15 is 0 Å². The number of rotatable bonds is 3. The first-order chi connectivity index (χ1) is 8.14. The van der Waals surface area contributed by atoms with Crippen LogP contribution in [0.4, 0.5) is 13.2 Å². The van der Waals surface area contributed by atoms with Gasteiger partial charge in [-0.3, -0.25) is 0 Å². The molecule has 18 heavy (non-hydrogen) atoms. The lowest BCUT2D eigenvalue weighted by Crippen LogP contribution is -2.65. The third kappa shape index (κ3) is 6.48. The highest BCUT2D eigenvalue weighted by molar-refractivity contribution is 5.71. The lowest BCUT2D eigenvalue weighted by atomic mass is 10.2. The van der Waals surface area contributed by atoms with Gasteiger partial charge >= 0.3 is 12.1 Å². The van der Waals surface area contributed by atoms with Crippen LogP contribution < -0.4 is 10.8 Å². The Bertz CT molecular complexity index is 390. The number of halogens is 3. The number of nitrogens with zero attached hydrogens (tertiary/aromatic N) is 1. The van der Waals surface area contributed by atoms with E-state index in [1.54, 1.807) is 6.07 Å². The number of aliphatic carboxylic acids is 2. The van der Waals surface area contributed by atoms with Crippen molar-refractivity contribution < 1.29 is 43.2 Å². The molecule has 0 saturated carbocycles. The molecule has 102 valence electrons. The molecule has 0 aliphatic carbocycles. The Kier molecular flexibility index (Phi) is 5.82. The lowest BCUT2D eigenvalue weighted by molar-refractivity contribution is -0.407. The van der Waals surface area contributed by atoms with Gasteiger partial charge in [0.2, 0.25) is 0 Å². The van der Waals surface area contributed by atoms with E-state index in [2.05, 4.69) is 10.9 Å². The third-order valence-corrected chi connectivity index (χ3v) is 1.52. The SMILES string of the molecule is O=C([O-])C(F)(F)F.[NH3+][C@@H](Cc1ccno1)C(=O)O. The zero-order valence-electron chi connectivity index (χ0n) is 8.81. The normalized spacial score (nSPS) is 12.2. The molecule has 0 amide bonds. The van der Waals surface area contributed by atoms with Crippen LogP contribution in [0.1, 0.15) is 5.76 Å². The van der Waals surface area contributed by atoms with Gasteiger partial charge in [0, 0.05) is 6.07 Å². The number of carboxylic acid groups (broad SMARTS) is 2. The molecule has 7 nitrogen and oxygen atoms in total. The molecule has 0 aromatic carbocycles. The monoisotopic (exact) mass is 270 g/mol. The quantitative estimate of drug-likeness (QED) is 0.666. The zero-order chi connectivity index (χ0) is 14.3. The van der Waals surface area contributed by atoms with Crippen LogP contribution in [0.15, 0.2) is 16.8 Å². The van der Waals surface area contributed by atoms with Gasteiger partial charge in [0.15, 0.2) is 6.04 Å². The zero-order valence-corrected chi connectivity index (χ0v) is 8.81. The number of hydrogen-bond donors (Lipinski definition) is 2. The summed E-state index contributed by atoms with van der Waals surface area (Å²) in [4.78, 5) is 19.1. The molecule has 1 atom stereocenters. The predicted octanol–water partition coefficient (Wildman–Crippen LogP) is -1.79. The van der Waals surface area contributed by atoms with Gasteiger partial charge in [-0.25, -0.2) is 4.79 Å². The molecule has 0 aliphatic rings. The second kappa shape index (κ2) is 6.59. The van der Waals surface area contributed by atoms with Crippen molar-refractivity contribution in [3.63, 3.8) is 0 Å². The summed E-state index contributed by atoms with van der Waals surface area (Å²) in [6.45, 7) is 0. The van der Waals surface area contributed by atoms with E-state index in [-0.39, 0.29) is 6.42 Å². The van der Waals surface area contributed by atoms with Gasteiger partial charge in [-0.05, 0) is 0 Å². The van der Waals surface area contributed by atoms with Gasteiger partial charge in [0.1, 0.15) is 11.7 Å². The van der Waals surface area contributed by atoms with Gasteiger partial charge < -0.3 is 25.3 Å². The van der Waals surface area contributed by atoms with Crippen LogP contribution >= 0.6 is 0 Å². The van der Waals surface area contributed by atoms with E-state index in [1.807, 2.05) is 0 Å². The van der Waals surface area contributed by atoms with Crippen LogP contribution in [-0.2, 0) is 16.0 Å². The third-order valence-electron chi connectivity index (χ3n) is 1.52. The maximum absolute atomic E-state index is 10.5. The number of carbonyl (C=O) groups excluding carboxylic acids is 1. The Morgan fingerprint density at radius 3 is 2.33 bits per heavy atom. The molecule has 4 N–H and O–H groups in total. The van der Waals surface area contributed by atoms with E-state index in [1.165, 1.54) is 6.20 Å². The van der Waals surface area contributed by atoms with E-state index in [4.69, 9.17) is 19.5 Å². The molecular weight excluding hydrogens is 261 g/mol. The minimum Gasteiger partial charge on any atom is -0.542 e. The largest absolute Gasteiger partial charge is 0.542 e. The fraction of sp³-hybridized carbons (Fsp3) is 0.375. The Labute approximate surface area is 98.0 Å². The summed E-state index contributed by atoms with van der Waals surface area (Å²) in [6, 6.07) is 0.962. The standard InChI is InChI=1S/C6H8N2O3.C2HF3O2/c7-5(6(9)10)3-4-1-2-8-11-4;3-2(4,5)1(6)7/h1-2,5H,3,7H2,(H,9,10);(H,6,7)/t5-;/m0./s1. The van der Waals surface area contributed by atoms with Gasteiger partial charge in [-0.2, -0.15) is 13.2 Å². The van der Waals surface area contributed by atoms with Gasteiger partial charge in [-0.1, -0.05) is 5.16 Å². The Balaban J connectivity index is 0.000000360. The summed E-state index contributed by atoms with van der Waals surface area (Å²) in [5.41, 5.74) is 3.43. The number of quaternary nitrogens is 1. The van der Waals surface area contributed by atoms with Crippen molar-refractivity contribution in [1.29, 1.82) is 0 Å². The number of hydrogen-bond acceptors (Lipinski definition) is 5. The maximum atomic E-state index is 10.5. The number of carboxylic acids is 2. The van der Waals surface area contributed by atoms with Gasteiger partial charge in [0.05, 0.1) is 12.6 Å². The molecule has 0 unspecified atom stereocenters. The van der Waals surface area contributed by atoms with Crippen molar-refractivity contribution in [2.24, 2.45) is 0 Å². The van der Waals surface area contributed by atoms with Crippen molar-refractivity contribution in [3.8, 4) is 0 Å². The second-order valence-corrected chi connectivity index (χ2v) is 3.00. The summed E-state index contributed by atoms with van der Waals surface area (Å²) in [5.74, 6) is -3.39. The molecule has 0 bridgehead atoms. The minimum absolute atomic E-state index is 0.287. The highest BCUT2D eigenvalue weighted by Crippen LogP contribution is 2.11. The highest BCUT2D eigenvalue weighted by Gasteiger charge is 2.28. The van der Waals surface area contributed by atoms with Crippen molar-refractivity contribution in [1.82, 2.24) is 5.16 Å². The van der Waals surface area contributed by atoms with Crippen LogP contribution in [-0.4, -0.2) is 34.4 Å². The average molecular weight is 270 g/mol. The fourth-order valence-electron chi connectivity index (χ4n) is 0.678. The molecule has 1 heterocycles. The molecule has 1 aromatic heterocycles. The Morgan fingerprint density at radius 1 is 1.56 bits per heavy atom. The molecule has 0 fully saturated rings. The van der Waals surface area contributed by atoms with Crippen LogP contribution in [0.5, 0.6) is 0 Å². The summed E-state index contributed by atoms with van der Waals surface area (Å²) in [7, 11) is 0. The summed E-state index contributed by atoms with van der Waals surface area (Å²) in [5, 5.41) is 20.7. The van der Waals surface area contributed by atoms with Gasteiger partial charge in [0.25, 0.3) is 0 Å². The summed E-state index contributed by atoms with van der Waals surface area (Å²) < 4.78 is 36.2. The highest BCUT2D eigenvalue weighted by atomic mass is 19.4. The first-order valence-corrected chi connectivity index (χ1v) is 4.38. The Morgan fingerprint density at radius 2 is 2.06 bits per heavy atom.